The first-order valence-corrected chi connectivity index (χ1v) is 5.36. The molecule has 17 heavy (non-hydrogen) atoms. The second-order valence-corrected chi connectivity index (χ2v) is 3.75. The second-order valence-electron chi connectivity index (χ2n) is 3.75. The summed E-state index contributed by atoms with van der Waals surface area (Å²) in [5, 5.41) is 18.9. The molecule has 1 aromatic carbocycles. The van der Waals surface area contributed by atoms with Crippen LogP contribution in [0.2, 0.25) is 0 Å². The summed E-state index contributed by atoms with van der Waals surface area (Å²) in [6, 6.07) is 8.78. The predicted octanol–water partition coefficient (Wildman–Crippen LogP) is 2.19. The molecule has 0 aliphatic rings. The van der Waals surface area contributed by atoms with Crippen LogP contribution in [0.4, 0.5) is 0 Å². The molecule has 0 bridgehead atoms. The number of carboxylic acid groups (broad SMARTS) is 1. The predicted molar refractivity (Wildman–Crippen MR) is 63.7 cm³/mol. The number of hydrogen-bond acceptors (Lipinski definition) is 3. The quantitative estimate of drug-likeness (QED) is 0.607. The average molecular weight is 236 g/mol. The van der Waals surface area contributed by atoms with Gasteiger partial charge in [-0.2, -0.15) is 0 Å². The SMILES string of the molecule is CCC(O)(C=C(C)C(=O)O)Oc1ccccc1. The number of aliphatic carboxylic acids is 1. The van der Waals surface area contributed by atoms with Crippen LogP contribution in [0.1, 0.15) is 20.3 Å². The Morgan fingerprint density at radius 2 is 2.00 bits per heavy atom. The van der Waals surface area contributed by atoms with E-state index in [4.69, 9.17) is 9.84 Å². The van der Waals surface area contributed by atoms with Crippen molar-refractivity contribution in [3.05, 3.63) is 42.0 Å². The van der Waals surface area contributed by atoms with Gasteiger partial charge in [0, 0.05) is 12.0 Å². The lowest BCUT2D eigenvalue weighted by Crippen LogP contribution is -2.33. The van der Waals surface area contributed by atoms with Gasteiger partial charge in [-0.05, 0) is 25.1 Å². The van der Waals surface area contributed by atoms with Gasteiger partial charge < -0.3 is 14.9 Å². The van der Waals surface area contributed by atoms with Gasteiger partial charge in [0.25, 0.3) is 0 Å². The maximum Gasteiger partial charge on any atom is 0.331 e. The van der Waals surface area contributed by atoms with E-state index in [0.717, 1.165) is 0 Å². The van der Waals surface area contributed by atoms with E-state index in [9.17, 15) is 9.90 Å². The van der Waals surface area contributed by atoms with Gasteiger partial charge in [0.05, 0.1) is 0 Å². The molecule has 0 amide bonds. The molecule has 4 nitrogen and oxygen atoms in total. The lowest BCUT2D eigenvalue weighted by molar-refractivity contribution is -0.133. The molecule has 4 heteroatoms. The third kappa shape index (κ3) is 3.92. The molecule has 1 atom stereocenters. The number of hydrogen-bond donors (Lipinski definition) is 2. The fourth-order valence-corrected chi connectivity index (χ4v) is 1.30. The summed E-state index contributed by atoms with van der Waals surface area (Å²) in [5.41, 5.74) is 0.0466. The van der Waals surface area contributed by atoms with E-state index in [1.54, 1.807) is 31.2 Å². The smallest absolute Gasteiger partial charge is 0.331 e. The summed E-state index contributed by atoms with van der Waals surface area (Å²) in [4.78, 5) is 10.7. The molecular formula is C13H16O4. The fraction of sp³-hybridized carbons (Fsp3) is 0.308. The molecule has 1 rings (SSSR count). The van der Waals surface area contributed by atoms with Crippen LogP contribution in [-0.2, 0) is 4.79 Å². The van der Waals surface area contributed by atoms with Crippen molar-refractivity contribution in [1.82, 2.24) is 0 Å². The fourth-order valence-electron chi connectivity index (χ4n) is 1.30. The minimum atomic E-state index is -1.59. The molecule has 1 aromatic rings. The van der Waals surface area contributed by atoms with Crippen LogP contribution in [0.25, 0.3) is 0 Å². The summed E-state index contributed by atoms with van der Waals surface area (Å²) in [6.07, 6.45) is 1.47. The van der Waals surface area contributed by atoms with Crippen molar-refractivity contribution in [3.63, 3.8) is 0 Å². The Balaban J connectivity index is 2.90. The summed E-state index contributed by atoms with van der Waals surface area (Å²) in [7, 11) is 0. The van der Waals surface area contributed by atoms with E-state index >= 15 is 0 Å². The van der Waals surface area contributed by atoms with Crippen molar-refractivity contribution in [1.29, 1.82) is 0 Å². The van der Waals surface area contributed by atoms with Crippen molar-refractivity contribution in [3.8, 4) is 5.75 Å². The molecule has 92 valence electrons. The van der Waals surface area contributed by atoms with Crippen molar-refractivity contribution >= 4 is 5.97 Å². The summed E-state index contributed by atoms with van der Waals surface area (Å²) >= 11 is 0. The highest BCUT2D eigenvalue weighted by molar-refractivity contribution is 5.85. The summed E-state index contributed by atoms with van der Waals surface area (Å²) in [5.74, 6) is -2.18. The third-order valence-corrected chi connectivity index (χ3v) is 2.32. The first-order chi connectivity index (χ1) is 7.97. The average Bonchev–Trinajstić information content (AvgIpc) is 2.30. The van der Waals surface area contributed by atoms with E-state index in [2.05, 4.69) is 0 Å². The summed E-state index contributed by atoms with van der Waals surface area (Å²) in [6.45, 7) is 3.13. The molecule has 0 heterocycles. The standard InChI is InChI=1S/C13H16O4/c1-3-13(16,9-10(2)12(14)15)17-11-7-5-4-6-8-11/h4-9,16H,3H2,1-2H3,(H,14,15). The topological polar surface area (TPSA) is 66.8 Å². The molecule has 0 saturated carbocycles. The van der Waals surface area contributed by atoms with Crippen LogP contribution in [0, 0.1) is 0 Å². The maximum atomic E-state index is 10.7. The Labute approximate surface area is 100 Å². The van der Waals surface area contributed by atoms with Crippen molar-refractivity contribution in [2.75, 3.05) is 0 Å². The second kappa shape index (κ2) is 5.50. The molecule has 2 N–H and O–H groups in total. The Hall–Kier alpha value is -1.81. The lowest BCUT2D eigenvalue weighted by atomic mass is 10.1. The van der Waals surface area contributed by atoms with Crippen LogP contribution >= 0.6 is 0 Å². The van der Waals surface area contributed by atoms with E-state index < -0.39 is 11.8 Å². The van der Waals surface area contributed by atoms with Gasteiger partial charge >= 0.3 is 5.97 Å². The zero-order chi connectivity index (χ0) is 12.9. The molecule has 0 aromatic heterocycles. The number of carbonyl (C=O) groups is 1. The lowest BCUT2D eigenvalue weighted by Gasteiger charge is -2.25. The van der Waals surface area contributed by atoms with Crippen LogP contribution < -0.4 is 4.74 Å². The summed E-state index contributed by atoms with van der Waals surface area (Å²) < 4.78 is 5.39. The number of carboxylic acids is 1. The molecule has 0 aliphatic carbocycles. The van der Waals surface area contributed by atoms with Crippen LogP contribution in [0.5, 0.6) is 5.75 Å². The van der Waals surface area contributed by atoms with Gasteiger partial charge in [-0.15, -0.1) is 0 Å². The largest absolute Gasteiger partial charge is 0.478 e. The first-order valence-electron chi connectivity index (χ1n) is 5.36. The molecule has 1 unspecified atom stereocenters. The molecule has 0 fully saturated rings. The van der Waals surface area contributed by atoms with E-state index in [1.165, 1.54) is 13.0 Å². The van der Waals surface area contributed by atoms with Gasteiger partial charge in [-0.3, -0.25) is 0 Å². The number of ether oxygens (including phenoxy) is 1. The van der Waals surface area contributed by atoms with Crippen molar-refractivity contribution in [2.24, 2.45) is 0 Å². The Morgan fingerprint density at radius 3 is 2.47 bits per heavy atom. The van der Waals surface area contributed by atoms with Gasteiger partial charge in [0.15, 0.2) is 0 Å². The zero-order valence-corrected chi connectivity index (χ0v) is 9.88. The first kappa shape index (κ1) is 13.3. The monoisotopic (exact) mass is 236 g/mol. The Bertz CT molecular complexity index is 411. The molecule has 0 spiro atoms. The minimum Gasteiger partial charge on any atom is -0.478 e. The number of benzene rings is 1. The highest BCUT2D eigenvalue weighted by Crippen LogP contribution is 2.21. The van der Waals surface area contributed by atoms with Gasteiger partial charge in [-0.25, -0.2) is 4.79 Å². The van der Waals surface area contributed by atoms with Crippen molar-refractivity contribution in [2.45, 2.75) is 26.1 Å². The highest BCUT2D eigenvalue weighted by Gasteiger charge is 2.25. The Kier molecular flexibility index (Phi) is 4.29. The maximum absolute atomic E-state index is 10.7. The Morgan fingerprint density at radius 1 is 1.41 bits per heavy atom. The van der Waals surface area contributed by atoms with E-state index in [1.807, 2.05) is 6.07 Å². The molecule has 0 radical (unpaired) electrons. The minimum absolute atomic E-state index is 0.0466. The van der Waals surface area contributed by atoms with E-state index in [-0.39, 0.29) is 12.0 Å². The van der Waals surface area contributed by atoms with Gasteiger partial charge in [0.1, 0.15) is 5.75 Å². The molecule has 0 aliphatic heterocycles. The molecule has 0 saturated heterocycles. The molecular weight excluding hydrogens is 220 g/mol. The number of aliphatic hydroxyl groups is 1. The van der Waals surface area contributed by atoms with Crippen LogP contribution in [0.15, 0.2) is 42.0 Å². The number of para-hydroxylation sites is 1. The van der Waals surface area contributed by atoms with Gasteiger partial charge in [-0.1, -0.05) is 25.1 Å². The van der Waals surface area contributed by atoms with E-state index in [0.29, 0.717) is 5.75 Å². The highest BCUT2D eigenvalue weighted by atomic mass is 16.6. The number of rotatable bonds is 5. The normalized spacial score (nSPS) is 15.1. The zero-order valence-electron chi connectivity index (χ0n) is 9.88. The third-order valence-electron chi connectivity index (χ3n) is 2.32. The van der Waals surface area contributed by atoms with Crippen LogP contribution in [-0.4, -0.2) is 22.0 Å². The van der Waals surface area contributed by atoms with Crippen LogP contribution in [0.3, 0.4) is 0 Å². The van der Waals surface area contributed by atoms with Gasteiger partial charge in [0.2, 0.25) is 5.79 Å². The van der Waals surface area contributed by atoms with Crippen molar-refractivity contribution < 1.29 is 19.7 Å².